The molecule has 9 heteroatoms. The molecule has 1 amide bonds. The van der Waals surface area contributed by atoms with Gasteiger partial charge in [0.25, 0.3) is 0 Å². The second kappa shape index (κ2) is 10.1. The third-order valence-corrected chi connectivity index (χ3v) is 5.24. The Balaban J connectivity index is 2.14. The van der Waals surface area contributed by atoms with E-state index in [4.69, 9.17) is 4.74 Å². The summed E-state index contributed by atoms with van der Waals surface area (Å²) in [6.45, 7) is 2.93. The van der Waals surface area contributed by atoms with Gasteiger partial charge < -0.3 is 19.3 Å². The second-order valence-electron chi connectivity index (χ2n) is 8.04. The molecular weight excluding hydrogens is 401 g/mol. The van der Waals surface area contributed by atoms with Gasteiger partial charge >= 0.3 is 18.1 Å². The van der Waals surface area contributed by atoms with Crippen LogP contribution in [0.1, 0.15) is 38.3 Å². The molecule has 1 aliphatic rings. The summed E-state index contributed by atoms with van der Waals surface area (Å²) in [6, 6.07) is 7.01. The van der Waals surface area contributed by atoms with Crippen LogP contribution in [-0.4, -0.2) is 67.7 Å². The molecule has 0 aromatic heterocycles. The Morgan fingerprint density at radius 2 is 1.97 bits per heavy atom. The molecule has 1 unspecified atom stereocenters. The van der Waals surface area contributed by atoms with Crippen molar-refractivity contribution in [3.8, 4) is 5.75 Å². The van der Waals surface area contributed by atoms with Gasteiger partial charge in [-0.2, -0.15) is 13.2 Å². The minimum atomic E-state index is -4.68. The molecule has 1 aromatic carbocycles. The number of carbonyl (C=O) groups excluding carboxylic acids is 2. The maximum atomic E-state index is 12.6. The maximum absolute atomic E-state index is 12.6. The summed E-state index contributed by atoms with van der Waals surface area (Å²) in [7, 11) is 3.91. The third-order valence-electron chi connectivity index (χ3n) is 5.24. The number of alkyl halides is 3. The fraction of sp³-hybridized carbons (Fsp3) is 0.619. The number of halogens is 3. The summed E-state index contributed by atoms with van der Waals surface area (Å²) in [5.41, 5.74) is 0.772. The number of hydrogen-bond acceptors (Lipinski definition) is 5. The van der Waals surface area contributed by atoms with E-state index >= 15 is 0 Å². The van der Waals surface area contributed by atoms with E-state index < -0.39 is 30.7 Å². The first-order valence-electron chi connectivity index (χ1n) is 9.91. The lowest BCUT2D eigenvalue weighted by atomic mass is 9.89. The molecule has 1 aromatic rings. The molecule has 1 fully saturated rings. The molecule has 3 atom stereocenters. The first-order valence-corrected chi connectivity index (χ1v) is 9.91. The molecule has 1 saturated heterocycles. The molecule has 0 aliphatic carbocycles. The fourth-order valence-electron chi connectivity index (χ4n) is 3.23. The number of rotatable bonds is 6. The van der Waals surface area contributed by atoms with Crippen LogP contribution in [0.3, 0.4) is 0 Å². The molecule has 6 nitrogen and oxygen atoms in total. The number of hydrogen-bond donors (Lipinski definition) is 0. The van der Waals surface area contributed by atoms with Gasteiger partial charge in [-0.1, -0.05) is 19.1 Å². The zero-order valence-corrected chi connectivity index (χ0v) is 17.7. The molecule has 0 spiro atoms. The summed E-state index contributed by atoms with van der Waals surface area (Å²) in [5.74, 6) is -1.78. The van der Waals surface area contributed by atoms with Crippen molar-refractivity contribution in [2.24, 2.45) is 5.92 Å². The number of amides is 1. The number of esters is 1. The topological polar surface area (TPSA) is 59.1 Å². The van der Waals surface area contributed by atoms with Crippen molar-refractivity contribution in [2.75, 3.05) is 33.9 Å². The maximum Gasteiger partial charge on any atom is 0.422 e. The molecule has 0 bridgehead atoms. The van der Waals surface area contributed by atoms with Crippen molar-refractivity contribution in [1.29, 1.82) is 0 Å². The summed E-state index contributed by atoms with van der Waals surface area (Å²) >= 11 is 0. The van der Waals surface area contributed by atoms with Gasteiger partial charge in [0.2, 0.25) is 0 Å². The van der Waals surface area contributed by atoms with Crippen LogP contribution in [0.25, 0.3) is 0 Å². The highest BCUT2D eigenvalue weighted by molar-refractivity contribution is 6.32. The lowest BCUT2D eigenvalue weighted by Gasteiger charge is -2.38. The average molecular weight is 430 g/mol. The Morgan fingerprint density at radius 3 is 2.60 bits per heavy atom. The molecular formula is C21H29F3N2O4. The van der Waals surface area contributed by atoms with Gasteiger partial charge in [-0.15, -0.1) is 0 Å². The lowest BCUT2D eigenvalue weighted by Crippen LogP contribution is -2.45. The summed E-state index contributed by atoms with van der Waals surface area (Å²) < 4.78 is 47.0. The standard InChI is InChI=1S/C21H29F3N2O4/c1-14-8-9-18(26(11-14)19(27)20(28)30-13-21(22,23)24)16-6-5-7-17(10-16)29-12-15(2)25(3)4/h5-7,10,14-15,18H,8-9,11-13H2,1-4H3/t14-,15?,18+/m0/s1. The highest BCUT2D eigenvalue weighted by Crippen LogP contribution is 2.35. The number of benzene rings is 1. The smallest absolute Gasteiger partial charge is 0.422 e. The molecule has 30 heavy (non-hydrogen) atoms. The van der Waals surface area contributed by atoms with Crippen molar-refractivity contribution in [2.45, 2.75) is 44.9 Å². The predicted octanol–water partition coefficient (Wildman–Crippen LogP) is 3.42. The van der Waals surface area contributed by atoms with E-state index in [0.29, 0.717) is 18.8 Å². The number of ether oxygens (including phenoxy) is 2. The number of likely N-dealkylation sites (tertiary alicyclic amines) is 1. The van der Waals surface area contributed by atoms with E-state index in [2.05, 4.69) is 4.74 Å². The molecule has 1 aliphatic heterocycles. The van der Waals surface area contributed by atoms with Crippen LogP contribution in [0.2, 0.25) is 0 Å². The van der Waals surface area contributed by atoms with Gasteiger partial charge in [0, 0.05) is 12.6 Å². The van der Waals surface area contributed by atoms with Gasteiger partial charge in [-0.3, -0.25) is 4.79 Å². The molecule has 0 saturated carbocycles. The van der Waals surface area contributed by atoms with Gasteiger partial charge in [0.15, 0.2) is 6.61 Å². The third kappa shape index (κ3) is 6.90. The van der Waals surface area contributed by atoms with Gasteiger partial charge in [0.05, 0.1) is 6.04 Å². The molecule has 1 heterocycles. The highest BCUT2D eigenvalue weighted by Gasteiger charge is 2.37. The van der Waals surface area contributed by atoms with Crippen molar-refractivity contribution in [1.82, 2.24) is 9.80 Å². The zero-order valence-electron chi connectivity index (χ0n) is 17.7. The molecule has 2 rings (SSSR count). The summed E-state index contributed by atoms with van der Waals surface area (Å²) in [5, 5.41) is 0. The Kier molecular flexibility index (Phi) is 8.11. The van der Waals surface area contributed by atoms with Gasteiger partial charge in [0.1, 0.15) is 12.4 Å². The number of piperidine rings is 1. The van der Waals surface area contributed by atoms with Crippen LogP contribution < -0.4 is 4.74 Å². The van der Waals surface area contributed by atoms with Crippen LogP contribution in [0.4, 0.5) is 13.2 Å². The Bertz CT molecular complexity index is 739. The van der Waals surface area contributed by atoms with E-state index in [0.717, 1.165) is 12.0 Å². The van der Waals surface area contributed by atoms with Crippen LogP contribution in [0, 0.1) is 5.92 Å². The highest BCUT2D eigenvalue weighted by atomic mass is 19.4. The quantitative estimate of drug-likeness (QED) is 0.511. The molecule has 168 valence electrons. The van der Waals surface area contributed by atoms with Crippen LogP contribution in [-0.2, 0) is 14.3 Å². The molecule has 0 N–H and O–H groups in total. The number of nitrogens with zero attached hydrogens (tertiary/aromatic N) is 2. The SMILES string of the molecule is CC(COc1cccc([C@H]2CC[C@H](C)CN2C(=O)C(=O)OCC(F)(F)F)c1)N(C)C. The zero-order chi connectivity index (χ0) is 22.5. The average Bonchev–Trinajstić information content (AvgIpc) is 2.69. The van der Waals surface area contributed by atoms with Crippen molar-refractivity contribution < 1.29 is 32.2 Å². The van der Waals surface area contributed by atoms with Crippen LogP contribution in [0.15, 0.2) is 24.3 Å². The number of likely N-dealkylation sites (N-methyl/N-ethyl adjacent to an activating group) is 1. The van der Waals surface area contributed by atoms with E-state index in [9.17, 15) is 22.8 Å². The van der Waals surface area contributed by atoms with E-state index in [-0.39, 0.29) is 18.5 Å². The predicted molar refractivity (Wildman–Crippen MR) is 105 cm³/mol. The van der Waals surface area contributed by atoms with Gasteiger partial charge in [-0.05, 0) is 57.5 Å². The lowest BCUT2D eigenvalue weighted by molar-refractivity contribution is -0.190. The van der Waals surface area contributed by atoms with E-state index in [1.807, 2.05) is 45.0 Å². The van der Waals surface area contributed by atoms with Crippen LogP contribution >= 0.6 is 0 Å². The summed E-state index contributed by atoms with van der Waals surface area (Å²) in [6.07, 6.45) is -3.26. The summed E-state index contributed by atoms with van der Waals surface area (Å²) in [4.78, 5) is 27.8. The molecule has 0 radical (unpaired) electrons. The van der Waals surface area contributed by atoms with Gasteiger partial charge in [-0.25, -0.2) is 4.79 Å². The van der Waals surface area contributed by atoms with E-state index in [1.165, 1.54) is 4.90 Å². The van der Waals surface area contributed by atoms with Crippen molar-refractivity contribution >= 4 is 11.9 Å². The Morgan fingerprint density at radius 1 is 1.27 bits per heavy atom. The largest absolute Gasteiger partial charge is 0.492 e. The second-order valence-corrected chi connectivity index (χ2v) is 8.04. The van der Waals surface area contributed by atoms with Crippen molar-refractivity contribution in [3.05, 3.63) is 29.8 Å². The Labute approximate surface area is 174 Å². The van der Waals surface area contributed by atoms with E-state index in [1.54, 1.807) is 12.1 Å². The fourth-order valence-corrected chi connectivity index (χ4v) is 3.23. The first-order chi connectivity index (χ1) is 14.0. The monoisotopic (exact) mass is 430 g/mol. The van der Waals surface area contributed by atoms with Crippen LogP contribution in [0.5, 0.6) is 5.75 Å². The normalized spacial score (nSPS) is 20.7. The minimum absolute atomic E-state index is 0.126. The minimum Gasteiger partial charge on any atom is -0.492 e. The van der Waals surface area contributed by atoms with Crippen molar-refractivity contribution in [3.63, 3.8) is 0 Å². The Hall–Kier alpha value is -2.29. The number of carbonyl (C=O) groups is 2. The first kappa shape index (κ1) is 24.0.